The minimum atomic E-state index is 0.704. The molecule has 4 heteroatoms. The molecule has 0 saturated carbocycles. The van der Waals surface area contributed by atoms with Gasteiger partial charge in [0.05, 0.1) is 28.0 Å². The highest BCUT2D eigenvalue weighted by atomic mass is 16.3. The standard InChI is InChI=1S/C50H31N3O/c1-3-21-38-32(13-1)15-11-24-40(38)44-31-43(51-49(52-44)41-25-12-16-33-14-2-4-22-39(33)41)36-19-9-17-34(29-36)35-18-10-20-37(30-35)48-42-23-5-6-26-45(42)53-46-27-7-8-28-47(46)54-50(48)53/h1-31H. The van der Waals surface area contributed by atoms with Crippen molar-refractivity contribution in [3.05, 3.63) is 188 Å². The lowest BCUT2D eigenvalue weighted by Crippen LogP contribution is -1.97. The molecule has 0 amide bonds. The highest BCUT2D eigenvalue weighted by Gasteiger charge is 2.20. The summed E-state index contributed by atoms with van der Waals surface area (Å²) in [7, 11) is 0. The number of para-hydroxylation sites is 3. The first-order chi connectivity index (χ1) is 26.8. The van der Waals surface area contributed by atoms with E-state index in [1.807, 2.05) is 12.1 Å². The van der Waals surface area contributed by atoms with Crippen molar-refractivity contribution in [2.75, 3.05) is 0 Å². The van der Waals surface area contributed by atoms with Crippen LogP contribution in [-0.2, 0) is 0 Å². The fourth-order valence-electron chi connectivity index (χ4n) is 8.10. The fraction of sp³-hybridized carbons (Fsp3) is 0. The third-order valence-electron chi connectivity index (χ3n) is 10.6. The summed E-state index contributed by atoms with van der Waals surface area (Å²) < 4.78 is 8.78. The van der Waals surface area contributed by atoms with E-state index >= 15 is 0 Å². The molecule has 4 nitrogen and oxygen atoms in total. The SMILES string of the molecule is c1cc(-c2cccc(-c3c4ccccc4n4c3oc3ccccc34)c2)cc(-c2cc(-c3cccc4ccccc34)nc(-c3cccc4ccccc34)n2)c1. The van der Waals surface area contributed by atoms with Gasteiger partial charge in [0.25, 0.3) is 0 Å². The molecular formula is C50H31N3O. The van der Waals surface area contributed by atoms with Crippen LogP contribution in [0, 0.1) is 0 Å². The van der Waals surface area contributed by atoms with Gasteiger partial charge in [-0.05, 0) is 74.6 Å². The molecule has 0 spiro atoms. The lowest BCUT2D eigenvalue weighted by molar-refractivity contribution is 0.658. The molecule has 0 aliphatic carbocycles. The van der Waals surface area contributed by atoms with Crippen molar-refractivity contribution in [1.82, 2.24) is 14.4 Å². The van der Waals surface area contributed by atoms with Crippen LogP contribution in [0.1, 0.15) is 0 Å². The maximum atomic E-state index is 6.54. The molecule has 0 aliphatic rings. The van der Waals surface area contributed by atoms with Gasteiger partial charge >= 0.3 is 0 Å². The Kier molecular flexibility index (Phi) is 6.82. The van der Waals surface area contributed by atoms with Crippen LogP contribution in [-0.4, -0.2) is 14.4 Å². The quantitative estimate of drug-likeness (QED) is 0.181. The van der Waals surface area contributed by atoms with E-state index in [4.69, 9.17) is 14.4 Å². The Morgan fingerprint density at radius 1 is 0.389 bits per heavy atom. The average Bonchev–Trinajstić information content (AvgIpc) is 3.78. The molecule has 8 aromatic carbocycles. The van der Waals surface area contributed by atoms with Gasteiger partial charge in [-0.3, -0.25) is 4.40 Å². The molecule has 11 rings (SSSR count). The number of rotatable bonds is 5. The molecule has 0 aliphatic heterocycles. The molecule has 0 atom stereocenters. The summed E-state index contributed by atoms with van der Waals surface area (Å²) in [6, 6.07) is 66.1. The number of benzene rings is 8. The molecule has 54 heavy (non-hydrogen) atoms. The normalized spacial score (nSPS) is 11.7. The van der Waals surface area contributed by atoms with E-state index in [1.54, 1.807) is 0 Å². The Bertz CT molecular complexity index is 3130. The minimum absolute atomic E-state index is 0.704. The largest absolute Gasteiger partial charge is 0.438 e. The van der Waals surface area contributed by atoms with Crippen LogP contribution in [0.5, 0.6) is 0 Å². The molecule has 0 saturated heterocycles. The molecule has 0 fully saturated rings. The predicted octanol–water partition coefficient (Wildman–Crippen LogP) is 13.3. The molecule has 0 unspecified atom stereocenters. The van der Waals surface area contributed by atoms with Crippen molar-refractivity contribution in [3.8, 4) is 56.2 Å². The third kappa shape index (κ3) is 4.85. The van der Waals surface area contributed by atoms with Gasteiger partial charge in [0.15, 0.2) is 11.4 Å². The van der Waals surface area contributed by atoms with Crippen molar-refractivity contribution >= 4 is 49.3 Å². The zero-order valence-corrected chi connectivity index (χ0v) is 29.1. The van der Waals surface area contributed by atoms with Gasteiger partial charge in [0.1, 0.15) is 0 Å². The van der Waals surface area contributed by atoms with Gasteiger partial charge in [0.2, 0.25) is 5.71 Å². The Morgan fingerprint density at radius 2 is 0.926 bits per heavy atom. The molecule has 3 heterocycles. The molecule has 3 aromatic heterocycles. The van der Waals surface area contributed by atoms with Crippen molar-refractivity contribution in [3.63, 3.8) is 0 Å². The molecule has 0 bridgehead atoms. The minimum Gasteiger partial charge on any atom is -0.438 e. The zero-order chi connectivity index (χ0) is 35.6. The first-order valence-electron chi connectivity index (χ1n) is 18.2. The number of hydrogen-bond acceptors (Lipinski definition) is 3. The highest BCUT2D eigenvalue weighted by molar-refractivity contribution is 6.07. The molecule has 11 aromatic rings. The predicted molar refractivity (Wildman–Crippen MR) is 222 cm³/mol. The van der Waals surface area contributed by atoms with E-state index in [0.29, 0.717) is 5.82 Å². The third-order valence-corrected chi connectivity index (χ3v) is 10.6. The maximum absolute atomic E-state index is 6.54. The van der Waals surface area contributed by atoms with Gasteiger partial charge in [-0.15, -0.1) is 0 Å². The molecular weight excluding hydrogens is 659 g/mol. The molecule has 0 N–H and O–H groups in total. The smallest absolute Gasteiger partial charge is 0.213 e. The van der Waals surface area contributed by atoms with E-state index in [0.717, 1.165) is 94.2 Å². The summed E-state index contributed by atoms with van der Waals surface area (Å²) >= 11 is 0. The van der Waals surface area contributed by atoms with E-state index in [2.05, 4.69) is 180 Å². The summed E-state index contributed by atoms with van der Waals surface area (Å²) in [4.78, 5) is 10.5. The number of hydrogen-bond donors (Lipinski definition) is 0. The zero-order valence-electron chi connectivity index (χ0n) is 29.1. The Hall–Kier alpha value is -7.30. The van der Waals surface area contributed by atoms with Gasteiger partial charge in [-0.1, -0.05) is 152 Å². The Morgan fingerprint density at radius 3 is 1.70 bits per heavy atom. The summed E-state index contributed by atoms with van der Waals surface area (Å²) in [5.41, 5.74) is 13.2. The van der Waals surface area contributed by atoms with Crippen molar-refractivity contribution in [1.29, 1.82) is 0 Å². The van der Waals surface area contributed by atoms with E-state index < -0.39 is 0 Å². The second-order valence-electron chi connectivity index (χ2n) is 13.8. The second-order valence-corrected chi connectivity index (χ2v) is 13.8. The topological polar surface area (TPSA) is 43.3 Å². The first kappa shape index (κ1) is 30.3. The van der Waals surface area contributed by atoms with Gasteiger partial charge in [-0.2, -0.15) is 0 Å². The number of fused-ring (bicyclic) bond motifs is 7. The van der Waals surface area contributed by atoms with Gasteiger partial charge in [-0.25, -0.2) is 9.97 Å². The highest BCUT2D eigenvalue weighted by Crippen LogP contribution is 2.41. The summed E-state index contributed by atoms with van der Waals surface area (Å²) in [6.45, 7) is 0. The second kappa shape index (κ2) is 12.1. The van der Waals surface area contributed by atoms with Crippen LogP contribution >= 0.6 is 0 Å². The lowest BCUT2D eigenvalue weighted by Gasteiger charge is -2.13. The van der Waals surface area contributed by atoms with Gasteiger partial charge < -0.3 is 4.42 Å². The number of oxazole rings is 1. The maximum Gasteiger partial charge on any atom is 0.213 e. The van der Waals surface area contributed by atoms with Crippen molar-refractivity contribution < 1.29 is 4.42 Å². The summed E-state index contributed by atoms with van der Waals surface area (Å²) in [5.74, 6) is 0.704. The monoisotopic (exact) mass is 689 g/mol. The molecule has 252 valence electrons. The van der Waals surface area contributed by atoms with Crippen LogP contribution in [0.2, 0.25) is 0 Å². The number of aromatic nitrogens is 3. The fourth-order valence-corrected chi connectivity index (χ4v) is 8.10. The lowest BCUT2D eigenvalue weighted by atomic mass is 9.96. The van der Waals surface area contributed by atoms with Crippen LogP contribution in [0.3, 0.4) is 0 Å². The Labute approximate surface area is 311 Å². The number of nitrogens with zero attached hydrogens (tertiary/aromatic N) is 3. The van der Waals surface area contributed by atoms with Crippen molar-refractivity contribution in [2.24, 2.45) is 0 Å². The van der Waals surface area contributed by atoms with E-state index in [9.17, 15) is 0 Å². The first-order valence-corrected chi connectivity index (χ1v) is 18.2. The Balaban J connectivity index is 1.08. The summed E-state index contributed by atoms with van der Waals surface area (Å²) in [6.07, 6.45) is 0. The summed E-state index contributed by atoms with van der Waals surface area (Å²) in [5, 5.41) is 5.79. The molecule has 0 radical (unpaired) electrons. The van der Waals surface area contributed by atoms with Crippen molar-refractivity contribution in [2.45, 2.75) is 0 Å². The van der Waals surface area contributed by atoms with Crippen LogP contribution in [0.15, 0.2) is 192 Å². The van der Waals surface area contributed by atoms with Crippen LogP contribution < -0.4 is 0 Å². The average molecular weight is 690 g/mol. The van der Waals surface area contributed by atoms with Crippen LogP contribution in [0.4, 0.5) is 0 Å². The van der Waals surface area contributed by atoms with Crippen LogP contribution in [0.25, 0.3) is 105 Å². The van der Waals surface area contributed by atoms with E-state index in [1.165, 1.54) is 5.39 Å². The van der Waals surface area contributed by atoms with Gasteiger partial charge in [0, 0.05) is 22.1 Å². The van der Waals surface area contributed by atoms with E-state index in [-0.39, 0.29) is 0 Å².